The summed E-state index contributed by atoms with van der Waals surface area (Å²) in [5, 5.41) is 86.9. The Morgan fingerprint density at radius 2 is 0.814 bits per heavy atom. The third-order valence-electron chi connectivity index (χ3n) is 14.7. The van der Waals surface area contributed by atoms with Crippen molar-refractivity contribution in [1.29, 1.82) is 0 Å². The van der Waals surface area contributed by atoms with Gasteiger partial charge in [0.25, 0.3) is 0 Å². The van der Waals surface area contributed by atoms with Gasteiger partial charge < -0.3 is 65.1 Å². The standard InChI is InChI=1S/C72H115NO13/c1-3-5-7-9-11-13-15-16-17-18-19-20-21-22-23-24-25-26-27-28-29-30-31-32-33-34-35-36-37-38-39-40-41-42-43-44-46-48-50-52-54-56-64(77)73-60(61(76)55-53-51-49-47-45-14-12-10-8-6-4-2)59-83-71-69(82)67(80)70(63(58-75)85-71)86-72-68(81)66(79)65(78)62(57-74)84-72/h5,7-8,10-11,13,16-17,19-20,22-23,25-26,28-29,31-32,34-35,37-38,45,47,53,55,60-63,65-72,74-76,78-82H,3-4,6,9,12,14-15,18,21,24,27,30,33,36,39-44,46,48-52,54,56-59H2,1-2H3,(H,73,77)/b7-5-,10-8+,13-11-,17-16-,20-19-,23-22-,26-25-,29-28-,32-31-,35-34-,38-37-,47-45+,55-53+. The lowest BCUT2D eigenvalue weighted by Gasteiger charge is -2.46. The van der Waals surface area contributed by atoms with Crippen molar-refractivity contribution in [3.63, 3.8) is 0 Å². The second-order valence-electron chi connectivity index (χ2n) is 22.1. The van der Waals surface area contributed by atoms with Crippen molar-refractivity contribution in [2.75, 3.05) is 19.8 Å². The Hall–Kier alpha value is -4.39. The zero-order chi connectivity index (χ0) is 62.3. The van der Waals surface area contributed by atoms with Gasteiger partial charge in [-0.25, -0.2) is 0 Å². The summed E-state index contributed by atoms with van der Waals surface area (Å²) in [6, 6.07) is -0.950. The SMILES string of the molecule is CC/C=C\C/C=C\C/C=C\C/C=C\C/C=C\C/C=C\C/C=C\C/C=C\C/C=C\C/C=C\CCCCCCCCCCCCC(=O)NC(COC1OC(CO)C(OC2OC(CO)C(O)C(O)C2O)C(O)C1O)C(O)/C=C/CC/C=C/CC/C=C/CCC. The molecule has 2 saturated heterocycles. The molecule has 12 unspecified atom stereocenters. The van der Waals surface area contributed by atoms with Gasteiger partial charge in [-0.1, -0.05) is 230 Å². The molecular formula is C72H115NO13. The summed E-state index contributed by atoms with van der Waals surface area (Å²) in [6.07, 6.45) is 67.4. The van der Waals surface area contributed by atoms with Crippen molar-refractivity contribution in [2.24, 2.45) is 0 Å². The summed E-state index contributed by atoms with van der Waals surface area (Å²) in [7, 11) is 0. The van der Waals surface area contributed by atoms with Crippen LogP contribution in [0.4, 0.5) is 0 Å². The smallest absolute Gasteiger partial charge is 0.220 e. The maximum Gasteiger partial charge on any atom is 0.220 e. The Morgan fingerprint density at radius 3 is 1.27 bits per heavy atom. The van der Waals surface area contributed by atoms with Gasteiger partial charge in [0.15, 0.2) is 12.6 Å². The van der Waals surface area contributed by atoms with Crippen LogP contribution in [0.5, 0.6) is 0 Å². The van der Waals surface area contributed by atoms with E-state index in [0.29, 0.717) is 12.8 Å². The Morgan fingerprint density at radius 1 is 0.430 bits per heavy atom. The maximum absolute atomic E-state index is 13.2. The lowest BCUT2D eigenvalue weighted by atomic mass is 9.97. The van der Waals surface area contributed by atoms with Gasteiger partial charge in [-0.3, -0.25) is 4.79 Å². The molecule has 1 amide bonds. The number of ether oxygens (including phenoxy) is 4. The van der Waals surface area contributed by atoms with Crippen LogP contribution in [0.2, 0.25) is 0 Å². The number of aliphatic hydroxyl groups is 8. The molecule has 0 aromatic carbocycles. The lowest BCUT2D eigenvalue weighted by Crippen LogP contribution is -2.65. The fraction of sp³-hybridized carbons (Fsp3) is 0.625. The number of unbranched alkanes of at least 4 members (excludes halogenated alkanes) is 13. The van der Waals surface area contributed by atoms with Crippen LogP contribution in [0.25, 0.3) is 0 Å². The van der Waals surface area contributed by atoms with Crippen LogP contribution in [-0.4, -0.2) is 140 Å². The van der Waals surface area contributed by atoms with E-state index in [1.807, 2.05) is 6.08 Å². The van der Waals surface area contributed by atoms with Crippen molar-refractivity contribution < 1.29 is 64.6 Å². The Labute approximate surface area is 518 Å². The lowest BCUT2D eigenvalue weighted by molar-refractivity contribution is -0.359. The highest BCUT2D eigenvalue weighted by atomic mass is 16.7. The minimum absolute atomic E-state index is 0.254. The summed E-state index contributed by atoms with van der Waals surface area (Å²) in [5.74, 6) is -0.268. The van der Waals surface area contributed by atoms with Gasteiger partial charge in [0, 0.05) is 6.42 Å². The number of carbonyl (C=O) groups is 1. The first-order valence-electron chi connectivity index (χ1n) is 32.7. The van der Waals surface area contributed by atoms with Crippen molar-refractivity contribution >= 4 is 5.91 Å². The number of carbonyl (C=O) groups excluding carboxylic acids is 1. The molecule has 12 atom stereocenters. The quantitative estimate of drug-likeness (QED) is 0.0204. The molecule has 0 aromatic heterocycles. The number of allylic oxidation sites excluding steroid dienone is 25. The van der Waals surface area contributed by atoms with Gasteiger partial charge >= 0.3 is 0 Å². The van der Waals surface area contributed by atoms with Crippen LogP contribution in [0.15, 0.2) is 158 Å². The molecule has 2 aliphatic rings. The minimum atomic E-state index is -1.80. The van der Waals surface area contributed by atoms with Gasteiger partial charge in [-0.05, 0) is 116 Å². The molecule has 0 radical (unpaired) electrons. The van der Waals surface area contributed by atoms with Crippen molar-refractivity contribution in [1.82, 2.24) is 5.32 Å². The molecule has 0 saturated carbocycles. The summed E-state index contributed by atoms with van der Waals surface area (Å²) in [6.45, 7) is 2.54. The molecule has 14 nitrogen and oxygen atoms in total. The second-order valence-corrected chi connectivity index (χ2v) is 22.1. The molecule has 86 heavy (non-hydrogen) atoms. The average Bonchev–Trinajstić information content (AvgIpc) is 1.60. The number of hydrogen-bond donors (Lipinski definition) is 9. The topological polar surface area (TPSA) is 228 Å². The van der Waals surface area contributed by atoms with Crippen LogP contribution >= 0.6 is 0 Å². The first-order valence-corrected chi connectivity index (χ1v) is 32.7. The second kappa shape index (κ2) is 54.7. The molecule has 0 bridgehead atoms. The zero-order valence-corrected chi connectivity index (χ0v) is 52.5. The molecule has 2 heterocycles. The van der Waals surface area contributed by atoms with E-state index in [-0.39, 0.29) is 18.9 Å². The summed E-state index contributed by atoms with van der Waals surface area (Å²) < 4.78 is 22.7. The molecule has 0 spiro atoms. The molecule has 14 heteroatoms. The monoisotopic (exact) mass is 1200 g/mol. The average molecular weight is 1200 g/mol. The summed E-state index contributed by atoms with van der Waals surface area (Å²) >= 11 is 0. The predicted octanol–water partition coefficient (Wildman–Crippen LogP) is 12.7. The molecular weight excluding hydrogens is 1090 g/mol. The van der Waals surface area contributed by atoms with Crippen molar-refractivity contribution in [2.45, 2.75) is 267 Å². The molecule has 9 N–H and O–H groups in total. The number of aliphatic hydroxyl groups excluding tert-OH is 8. The molecule has 2 rings (SSSR count). The highest BCUT2D eigenvalue weighted by molar-refractivity contribution is 5.76. The molecule has 2 aliphatic heterocycles. The van der Waals surface area contributed by atoms with E-state index in [2.05, 4.69) is 165 Å². The van der Waals surface area contributed by atoms with E-state index in [9.17, 15) is 45.6 Å². The van der Waals surface area contributed by atoms with Crippen LogP contribution < -0.4 is 5.32 Å². The number of amides is 1. The van der Waals surface area contributed by atoms with Crippen LogP contribution in [0, 0.1) is 0 Å². The Balaban J connectivity index is 1.60. The van der Waals surface area contributed by atoms with Gasteiger partial charge in [-0.15, -0.1) is 0 Å². The zero-order valence-electron chi connectivity index (χ0n) is 52.5. The van der Waals surface area contributed by atoms with E-state index in [4.69, 9.17) is 18.9 Å². The fourth-order valence-electron chi connectivity index (χ4n) is 9.47. The third kappa shape index (κ3) is 38.8. The first kappa shape index (κ1) is 77.7. The molecule has 486 valence electrons. The number of nitrogens with one attached hydrogen (secondary N) is 1. The van der Waals surface area contributed by atoms with E-state index in [0.717, 1.165) is 122 Å². The maximum atomic E-state index is 13.2. The first-order chi connectivity index (χ1) is 42.1. The van der Waals surface area contributed by atoms with Gasteiger partial charge in [0.2, 0.25) is 5.91 Å². The molecule has 2 fully saturated rings. The Kier molecular flexibility index (Phi) is 49.5. The van der Waals surface area contributed by atoms with Crippen molar-refractivity contribution in [3.8, 4) is 0 Å². The van der Waals surface area contributed by atoms with Gasteiger partial charge in [0.1, 0.15) is 48.8 Å². The summed E-state index contributed by atoms with van der Waals surface area (Å²) in [5.41, 5.74) is 0. The predicted molar refractivity (Wildman–Crippen MR) is 350 cm³/mol. The van der Waals surface area contributed by atoms with Crippen LogP contribution in [0.1, 0.15) is 194 Å². The van der Waals surface area contributed by atoms with E-state index >= 15 is 0 Å². The molecule has 0 aliphatic carbocycles. The van der Waals surface area contributed by atoms with E-state index in [1.54, 1.807) is 6.08 Å². The highest BCUT2D eigenvalue weighted by Crippen LogP contribution is 2.30. The Bertz CT molecular complexity index is 2050. The third-order valence-corrected chi connectivity index (χ3v) is 14.7. The van der Waals surface area contributed by atoms with E-state index in [1.165, 1.54) is 38.5 Å². The van der Waals surface area contributed by atoms with Crippen LogP contribution in [0.3, 0.4) is 0 Å². The largest absolute Gasteiger partial charge is 0.394 e. The molecule has 0 aromatic rings. The van der Waals surface area contributed by atoms with Gasteiger partial charge in [0.05, 0.1) is 32.0 Å². The van der Waals surface area contributed by atoms with Crippen molar-refractivity contribution in [3.05, 3.63) is 158 Å². The number of rotatable bonds is 50. The normalized spacial score (nSPS) is 24.5. The highest BCUT2D eigenvalue weighted by Gasteiger charge is 2.51. The minimum Gasteiger partial charge on any atom is -0.394 e. The van der Waals surface area contributed by atoms with E-state index < -0.39 is 86.8 Å². The fourth-order valence-corrected chi connectivity index (χ4v) is 9.47. The summed E-state index contributed by atoms with van der Waals surface area (Å²) in [4.78, 5) is 13.2. The number of hydrogen-bond acceptors (Lipinski definition) is 13. The van der Waals surface area contributed by atoms with Gasteiger partial charge in [-0.2, -0.15) is 0 Å². The van der Waals surface area contributed by atoms with Crippen LogP contribution in [-0.2, 0) is 23.7 Å².